The van der Waals surface area contributed by atoms with Crippen LogP contribution < -0.4 is 10.6 Å². The van der Waals surface area contributed by atoms with Gasteiger partial charge in [-0.05, 0) is 47.2 Å². The van der Waals surface area contributed by atoms with Gasteiger partial charge in [0.2, 0.25) is 5.91 Å². The van der Waals surface area contributed by atoms with Gasteiger partial charge in [0.25, 0.3) is 5.91 Å². The van der Waals surface area contributed by atoms with Gasteiger partial charge in [-0.2, -0.15) is 0 Å². The van der Waals surface area contributed by atoms with E-state index in [1.807, 2.05) is 0 Å². The summed E-state index contributed by atoms with van der Waals surface area (Å²) in [4.78, 5) is 34.6. The minimum atomic E-state index is -0.964. The topological polar surface area (TPSA) is 95.5 Å². The molecule has 0 aliphatic heterocycles. The largest absolute Gasteiger partial charge is 0.481 e. The third-order valence-electron chi connectivity index (χ3n) is 4.52. The molecule has 0 saturated carbocycles. The fourth-order valence-corrected chi connectivity index (χ4v) is 2.74. The maximum Gasteiger partial charge on any atom is 0.305 e. The van der Waals surface area contributed by atoms with Crippen molar-refractivity contribution in [3.8, 4) is 0 Å². The third kappa shape index (κ3) is 7.41. The number of aryl methyl sites for hydroxylation is 1. The molecule has 2 amide bonds. The van der Waals surface area contributed by atoms with Crippen molar-refractivity contribution in [3.05, 3.63) is 65.2 Å². The average Bonchev–Trinajstić information content (AvgIpc) is 2.66. The molecule has 29 heavy (non-hydrogen) atoms. The van der Waals surface area contributed by atoms with E-state index in [1.54, 1.807) is 24.3 Å². The minimum Gasteiger partial charge on any atom is -0.481 e. The molecule has 0 aliphatic rings. The van der Waals surface area contributed by atoms with Crippen molar-refractivity contribution in [1.29, 1.82) is 0 Å². The first kappa shape index (κ1) is 22.1. The summed E-state index contributed by atoms with van der Waals surface area (Å²) in [6.07, 6.45) is 0.894. The van der Waals surface area contributed by atoms with Gasteiger partial charge in [0.1, 0.15) is 0 Å². The van der Waals surface area contributed by atoms with Gasteiger partial charge < -0.3 is 15.7 Å². The monoisotopic (exact) mass is 396 g/mol. The van der Waals surface area contributed by atoms with Crippen molar-refractivity contribution in [3.63, 3.8) is 0 Å². The Kier molecular flexibility index (Phi) is 7.53. The first-order chi connectivity index (χ1) is 13.6. The second kappa shape index (κ2) is 9.87. The Morgan fingerprint density at radius 2 is 1.52 bits per heavy atom. The van der Waals surface area contributed by atoms with Crippen LogP contribution in [0.15, 0.2) is 48.5 Å². The van der Waals surface area contributed by atoms with Gasteiger partial charge in [-0.1, -0.05) is 45.0 Å². The number of carboxylic acid groups (broad SMARTS) is 1. The van der Waals surface area contributed by atoms with Crippen LogP contribution in [0.3, 0.4) is 0 Å². The summed E-state index contributed by atoms with van der Waals surface area (Å²) < 4.78 is 0. The Hall–Kier alpha value is -3.15. The highest BCUT2D eigenvalue weighted by atomic mass is 16.4. The average molecular weight is 396 g/mol. The smallest absolute Gasteiger partial charge is 0.305 e. The van der Waals surface area contributed by atoms with Crippen LogP contribution in [0, 0.1) is 0 Å². The van der Waals surface area contributed by atoms with Gasteiger partial charge in [0.15, 0.2) is 0 Å². The van der Waals surface area contributed by atoms with Gasteiger partial charge in [0.05, 0.1) is 6.42 Å². The van der Waals surface area contributed by atoms with E-state index in [2.05, 4.69) is 55.7 Å². The summed E-state index contributed by atoms with van der Waals surface area (Å²) >= 11 is 0. The maximum absolute atomic E-state index is 12.2. The number of rotatable bonds is 8. The van der Waals surface area contributed by atoms with Crippen LogP contribution in [0.1, 0.15) is 55.1 Å². The molecule has 0 aromatic heterocycles. The number of anilines is 1. The molecule has 6 nitrogen and oxygen atoms in total. The zero-order valence-corrected chi connectivity index (χ0v) is 17.1. The number of benzene rings is 2. The second-order valence-corrected chi connectivity index (χ2v) is 7.97. The fraction of sp³-hybridized carbons (Fsp3) is 0.348. The van der Waals surface area contributed by atoms with E-state index in [1.165, 1.54) is 5.56 Å². The normalized spacial score (nSPS) is 11.0. The number of carbonyl (C=O) groups is 3. The number of hydrogen-bond acceptors (Lipinski definition) is 3. The Labute approximate surface area is 171 Å². The lowest BCUT2D eigenvalue weighted by Gasteiger charge is -2.19. The van der Waals surface area contributed by atoms with Crippen molar-refractivity contribution < 1.29 is 19.5 Å². The van der Waals surface area contributed by atoms with Crippen molar-refractivity contribution in [2.45, 2.75) is 45.4 Å². The highest BCUT2D eigenvalue weighted by molar-refractivity contribution is 5.96. The van der Waals surface area contributed by atoms with Gasteiger partial charge in [-0.3, -0.25) is 14.4 Å². The second-order valence-electron chi connectivity index (χ2n) is 7.97. The van der Waals surface area contributed by atoms with E-state index in [0.717, 1.165) is 5.56 Å². The van der Waals surface area contributed by atoms with Crippen LogP contribution in [0.5, 0.6) is 0 Å². The molecule has 0 atom stereocenters. The lowest BCUT2D eigenvalue weighted by Crippen LogP contribution is -2.25. The molecule has 0 fully saturated rings. The Balaban J connectivity index is 1.81. The molecule has 0 bridgehead atoms. The molecule has 3 N–H and O–H groups in total. The minimum absolute atomic E-state index is 0.0728. The highest BCUT2D eigenvalue weighted by Crippen LogP contribution is 2.22. The van der Waals surface area contributed by atoms with Gasteiger partial charge in [0, 0.05) is 24.2 Å². The Morgan fingerprint density at radius 3 is 2.07 bits per heavy atom. The third-order valence-corrected chi connectivity index (χ3v) is 4.52. The number of hydrogen-bond donors (Lipinski definition) is 3. The molecular formula is C23H28N2O4. The summed E-state index contributed by atoms with van der Waals surface area (Å²) in [6, 6.07) is 14.8. The van der Waals surface area contributed by atoms with E-state index < -0.39 is 5.97 Å². The number of aliphatic carboxylic acids is 1. The zero-order chi connectivity index (χ0) is 21.4. The summed E-state index contributed by atoms with van der Waals surface area (Å²) in [5.41, 5.74) is 3.50. The quantitative estimate of drug-likeness (QED) is 0.633. The zero-order valence-electron chi connectivity index (χ0n) is 17.1. The fourth-order valence-electron chi connectivity index (χ4n) is 2.74. The lowest BCUT2D eigenvalue weighted by atomic mass is 9.86. The molecular weight excluding hydrogens is 368 g/mol. The predicted molar refractivity (Wildman–Crippen MR) is 113 cm³/mol. The van der Waals surface area contributed by atoms with Gasteiger partial charge in [-0.25, -0.2) is 0 Å². The van der Waals surface area contributed by atoms with E-state index in [0.29, 0.717) is 24.1 Å². The summed E-state index contributed by atoms with van der Waals surface area (Å²) in [5, 5.41) is 13.9. The molecule has 0 spiro atoms. The molecule has 154 valence electrons. The van der Waals surface area contributed by atoms with Crippen molar-refractivity contribution in [1.82, 2.24) is 5.32 Å². The van der Waals surface area contributed by atoms with Crippen molar-refractivity contribution in [2.24, 2.45) is 0 Å². The van der Waals surface area contributed by atoms with E-state index in [9.17, 15) is 14.4 Å². The number of nitrogens with one attached hydrogen (secondary N) is 2. The van der Waals surface area contributed by atoms with Crippen LogP contribution in [0.2, 0.25) is 0 Å². The SMILES string of the molecule is CC(C)(C)c1ccc(CCC(=O)Nc2ccc(C(=O)NCCC(=O)O)cc2)cc1. The van der Waals surface area contributed by atoms with E-state index in [-0.39, 0.29) is 30.2 Å². The molecule has 0 radical (unpaired) electrons. The first-order valence-corrected chi connectivity index (χ1v) is 9.64. The molecule has 0 aliphatic carbocycles. The molecule has 0 unspecified atom stereocenters. The van der Waals surface area contributed by atoms with Crippen LogP contribution in [0.4, 0.5) is 5.69 Å². The van der Waals surface area contributed by atoms with E-state index >= 15 is 0 Å². The van der Waals surface area contributed by atoms with Gasteiger partial charge in [-0.15, -0.1) is 0 Å². The molecule has 6 heteroatoms. The summed E-state index contributed by atoms with van der Waals surface area (Å²) in [5.74, 6) is -1.40. The highest BCUT2D eigenvalue weighted by Gasteiger charge is 2.13. The first-order valence-electron chi connectivity index (χ1n) is 9.64. The van der Waals surface area contributed by atoms with Crippen LogP contribution in [-0.4, -0.2) is 29.4 Å². The Morgan fingerprint density at radius 1 is 0.897 bits per heavy atom. The molecule has 2 rings (SSSR count). The maximum atomic E-state index is 12.2. The van der Waals surface area contributed by atoms with E-state index in [4.69, 9.17) is 5.11 Å². The predicted octanol–water partition coefficient (Wildman–Crippen LogP) is 3.76. The number of amides is 2. The standard InChI is InChI=1S/C23H28N2O4/c1-23(2,3)18-9-4-16(5-10-18)6-13-20(26)25-19-11-7-17(8-12-19)22(29)24-15-14-21(27)28/h4-5,7-12H,6,13-15H2,1-3H3,(H,24,29)(H,25,26)(H,27,28). The number of carboxylic acids is 1. The molecule has 0 heterocycles. The van der Waals surface area contributed by atoms with Crippen molar-refractivity contribution in [2.75, 3.05) is 11.9 Å². The van der Waals surface area contributed by atoms with Crippen molar-refractivity contribution >= 4 is 23.5 Å². The Bertz CT molecular complexity index is 850. The van der Waals surface area contributed by atoms with Crippen LogP contribution in [-0.2, 0) is 21.4 Å². The van der Waals surface area contributed by atoms with Crippen LogP contribution >= 0.6 is 0 Å². The van der Waals surface area contributed by atoms with Gasteiger partial charge >= 0.3 is 5.97 Å². The summed E-state index contributed by atoms with van der Waals surface area (Å²) in [6.45, 7) is 6.57. The lowest BCUT2D eigenvalue weighted by molar-refractivity contribution is -0.136. The molecule has 0 saturated heterocycles. The summed E-state index contributed by atoms with van der Waals surface area (Å²) in [7, 11) is 0. The number of carbonyl (C=O) groups excluding carboxylic acids is 2. The molecule has 2 aromatic carbocycles. The molecule has 2 aromatic rings. The van der Waals surface area contributed by atoms with Crippen LogP contribution in [0.25, 0.3) is 0 Å².